The number of aliphatic carboxylic acids is 1. The predicted octanol–water partition coefficient (Wildman–Crippen LogP) is 1.30. The summed E-state index contributed by atoms with van der Waals surface area (Å²) < 4.78 is 26.7. The van der Waals surface area contributed by atoms with Gasteiger partial charge in [-0.15, -0.1) is 0 Å². The maximum atomic E-state index is 13.8. The number of amides is 2. The minimum absolute atomic E-state index is 0.0801. The molecule has 2 unspecified atom stereocenters. The summed E-state index contributed by atoms with van der Waals surface area (Å²) in [5.74, 6) is -4.64. The Hall–Kier alpha value is -2.51. The van der Waals surface area contributed by atoms with E-state index < -0.39 is 41.4 Å². The van der Waals surface area contributed by atoms with Crippen LogP contribution in [0.3, 0.4) is 0 Å². The molecule has 0 aliphatic carbocycles. The lowest BCUT2D eigenvalue weighted by Crippen LogP contribution is -2.43. The number of hydrogen-bond donors (Lipinski definition) is 2. The first-order chi connectivity index (χ1) is 10.8. The standard InChI is InChI=1S/C15H16F2N2O4/c1-2-11(15(22)23)18-14(21)8-5-13(20)19(7-8)12-4-3-9(16)6-10(12)17/h3-4,6,8,11H,2,5,7H2,1H3,(H,18,21)(H,22,23). The molecular formula is C15H16F2N2O4. The molecule has 0 radical (unpaired) electrons. The molecule has 1 aliphatic rings. The van der Waals surface area contributed by atoms with Crippen LogP contribution in [0.4, 0.5) is 14.5 Å². The number of halogens is 2. The summed E-state index contributed by atoms with van der Waals surface area (Å²) in [4.78, 5) is 36.1. The molecule has 124 valence electrons. The lowest BCUT2D eigenvalue weighted by atomic mass is 10.1. The summed E-state index contributed by atoms with van der Waals surface area (Å²) in [5.41, 5.74) is -0.100. The number of nitrogens with one attached hydrogen (secondary N) is 1. The molecule has 1 aromatic carbocycles. The van der Waals surface area contributed by atoms with Crippen LogP contribution in [0.15, 0.2) is 18.2 Å². The van der Waals surface area contributed by atoms with E-state index in [-0.39, 0.29) is 25.1 Å². The van der Waals surface area contributed by atoms with Gasteiger partial charge in [0.15, 0.2) is 0 Å². The molecule has 8 heteroatoms. The third kappa shape index (κ3) is 3.64. The fourth-order valence-corrected chi connectivity index (χ4v) is 2.44. The molecule has 2 rings (SSSR count). The Kier molecular flexibility index (Phi) is 4.92. The first kappa shape index (κ1) is 16.9. The van der Waals surface area contributed by atoms with E-state index in [0.717, 1.165) is 17.0 Å². The highest BCUT2D eigenvalue weighted by Gasteiger charge is 2.37. The van der Waals surface area contributed by atoms with E-state index in [1.54, 1.807) is 6.92 Å². The molecule has 1 heterocycles. The molecule has 2 N–H and O–H groups in total. The van der Waals surface area contributed by atoms with E-state index >= 15 is 0 Å². The van der Waals surface area contributed by atoms with Crippen LogP contribution in [0.2, 0.25) is 0 Å². The molecule has 0 aromatic heterocycles. The molecule has 2 atom stereocenters. The zero-order chi connectivity index (χ0) is 17.1. The SMILES string of the molecule is CCC(NC(=O)C1CC(=O)N(c2ccc(F)cc2F)C1)C(=O)O. The van der Waals surface area contributed by atoms with Gasteiger partial charge in [-0.3, -0.25) is 9.59 Å². The Morgan fingerprint density at radius 2 is 2.13 bits per heavy atom. The number of nitrogens with zero attached hydrogens (tertiary/aromatic N) is 1. The van der Waals surface area contributed by atoms with E-state index in [1.807, 2.05) is 0 Å². The molecule has 1 saturated heterocycles. The summed E-state index contributed by atoms with van der Waals surface area (Å²) in [6, 6.07) is 1.79. The van der Waals surface area contributed by atoms with Gasteiger partial charge in [-0.1, -0.05) is 6.92 Å². The predicted molar refractivity (Wildman–Crippen MR) is 76.7 cm³/mol. The average molecular weight is 326 g/mol. The summed E-state index contributed by atoms with van der Waals surface area (Å²) in [6.45, 7) is 1.53. The van der Waals surface area contributed by atoms with Crippen molar-refractivity contribution in [3.05, 3.63) is 29.8 Å². The third-order valence-electron chi connectivity index (χ3n) is 3.72. The number of anilines is 1. The van der Waals surface area contributed by atoms with Crippen molar-refractivity contribution in [3.8, 4) is 0 Å². The Labute approximate surface area is 131 Å². The van der Waals surface area contributed by atoms with Gasteiger partial charge in [0.1, 0.15) is 17.7 Å². The van der Waals surface area contributed by atoms with E-state index in [4.69, 9.17) is 5.11 Å². The Bertz CT molecular complexity index is 650. The zero-order valence-corrected chi connectivity index (χ0v) is 12.4. The van der Waals surface area contributed by atoms with Crippen LogP contribution in [-0.4, -0.2) is 35.5 Å². The van der Waals surface area contributed by atoms with E-state index in [9.17, 15) is 23.2 Å². The molecule has 1 aromatic rings. The van der Waals surface area contributed by atoms with Crippen LogP contribution in [0.25, 0.3) is 0 Å². The number of benzene rings is 1. The second-order valence-electron chi connectivity index (χ2n) is 5.31. The smallest absolute Gasteiger partial charge is 0.326 e. The number of carbonyl (C=O) groups excluding carboxylic acids is 2. The van der Waals surface area contributed by atoms with Gasteiger partial charge >= 0.3 is 5.97 Å². The summed E-state index contributed by atoms with van der Waals surface area (Å²) in [5, 5.41) is 11.3. The van der Waals surface area contributed by atoms with Crippen molar-refractivity contribution in [2.24, 2.45) is 5.92 Å². The van der Waals surface area contributed by atoms with E-state index in [1.165, 1.54) is 0 Å². The highest BCUT2D eigenvalue weighted by atomic mass is 19.1. The lowest BCUT2D eigenvalue weighted by molar-refractivity contribution is -0.142. The van der Waals surface area contributed by atoms with Crippen LogP contribution in [0.1, 0.15) is 19.8 Å². The van der Waals surface area contributed by atoms with E-state index in [2.05, 4.69) is 5.32 Å². The van der Waals surface area contributed by atoms with Crippen molar-refractivity contribution < 1.29 is 28.3 Å². The van der Waals surface area contributed by atoms with Crippen molar-refractivity contribution in [3.63, 3.8) is 0 Å². The normalized spacial score (nSPS) is 18.8. The van der Waals surface area contributed by atoms with Gasteiger partial charge in [0.2, 0.25) is 11.8 Å². The number of carboxylic acids is 1. The van der Waals surface area contributed by atoms with Crippen molar-refractivity contribution in [1.82, 2.24) is 5.32 Å². The summed E-state index contributed by atoms with van der Waals surface area (Å²) >= 11 is 0. The molecule has 0 bridgehead atoms. The monoisotopic (exact) mass is 326 g/mol. The zero-order valence-electron chi connectivity index (χ0n) is 12.4. The molecule has 23 heavy (non-hydrogen) atoms. The van der Waals surface area contributed by atoms with Crippen LogP contribution in [-0.2, 0) is 14.4 Å². The van der Waals surface area contributed by atoms with Gasteiger partial charge < -0.3 is 15.3 Å². The second-order valence-corrected chi connectivity index (χ2v) is 5.31. The number of hydrogen-bond acceptors (Lipinski definition) is 3. The Morgan fingerprint density at radius 3 is 2.70 bits per heavy atom. The highest BCUT2D eigenvalue weighted by Crippen LogP contribution is 2.28. The molecule has 6 nitrogen and oxygen atoms in total. The molecule has 0 saturated carbocycles. The summed E-state index contributed by atoms with van der Waals surface area (Å²) in [7, 11) is 0. The maximum Gasteiger partial charge on any atom is 0.326 e. The highest BCUT2D eigenvalue weighted by molar-refractivity contribution is 6.00. The Morgan fingerprint density at radius 1 is 1.43 bits per heavy atom. The van der Waals surface area contributed by atoms with Crippen molar-refractivity contribution in [2.45, 2.75) is 25.8 Å². The van der Waals surface area contributed by atoms with Crippen molar-refractivity contribution in [2.75, 3.05) is 11.4 Å². The molecule has 2 amide bonds. The fraction of sp³-hybridized carbons (Fsp3) is 0.400. The van der Waals surface area contributed by atoms with Crippen LogP contribution in [0.5, 0.6) is 0 Å². The third-order valence-corrected chi connectivity index (χ3v) is 3.72. The molecule has 1 aliphatic heterocycles. The molecule has 0 spiro atoms. The fourth-order valence-electron chi connectivity index (χ4n) is 2.44. The maximum absolute atomic E-state index is 13.8. The second kappa shape index (κ2) is 6.72. The van der Waals surface area contributed by atoms with Gasteiger partial charge in [-0.25, -0.2) is 13.6 Å². The summed E-state index contributed by atoms with van der Waals surface area (Å²) in [6.07, 6.45) is 0.0523. The van der Waals surface area contributed by atoms with Gasteiger partial charge in [0.25, 0.3) is 0 Å². The van der Waals surface area contributed by atoms with Crippen molar-refractivity contribution >= 4 is 23.5 Å². The topological polar surface area (TPSA) is 86.7 Å². The minimum atomic E-state index is -1.16. The Balaban J connectivity index is 2.10. The first-order valence-electron chi connectivity index (χ1n) is 7.12. The number of rotatable bonds is 5. The molecular weight excluding hydrogens is 310 g/mol. The van der Waals surface area contributed by atoms with Crippen LogP contribution in [0, 0.1) is 17.6 Å². The van der Waals surface area contributed by atoms with Gasteiger partial charge in [-0.2, -0.15) is 0 Å². The lowest BCUT2D eigenvalue weighted by Gasteiger charge is -2.18. The van der Waals surface area contributed by atoms with Gasteiger partial charge in [-0.05, 0) is 18.6 Å². The number of carbonyl (C=O) groups is 3. The number of carboxylic acid groups (broad SMARTS) is 1. The van der Waals surface area contributed by atoms with Crippen LogP contribution >= 0.6 is 0 Å². The largest absolute Gasteiger partial charge is 0.480 e. The van der Waals surface area contributed by atoms with E-state index in [0.29, 0.717) is 6.07 Å². The quantitative estimate of drug-likeness (QED) is 0.854. The molecule has 1 fully saturated rings. The minimum Gasteiger partial charge on any atom is -0.480 e. The average Bonchev–Trinajstić information content (AvgIpc) is 2.86. The van der Waals surface area contributed by atoms with Gasteiger partial charge in [0.05, 0.1) is 11.6 Å². The first-order valence-corrected chi connectivity index (χ1v) is 7.12. The van der Waals surface area contributed by atoms with Crippen molar-refractivity contribution in [1.29, 1.82) is 0 Å². The van der Waals surface area contributed by atoms with Crippen LogP contribution < -0.4 is 10.2 Å². The van der Waals surface area contributed by atoms with Gasteiger partial charge in [0, 0.05) is 19.0 Å².